The summed E-state index contributed by atoms with van der Waals surface area (Å²) in [5.74, 6) is 5.21. The zero-order chi connectivity index (χ0) is 82.2. The summed E-state index contributed by atoms with van der Waals surface area (Å²) in [6.07, 6.45) is 3.60. The summed E-state index contributed by atoms with van der Waals surface area (Å²) >= 11 is 0. The van der Waals surface area contributed by atoms with Gasteiger partial charge in [0.2, 0.25) is 49.4 Å². The predicted molar refractivity (Wildman–Crippen MR) is 414 cm³/mol. The minimum atomic E-state index is -0.641. The van der Waals surface area contributed by atoms with E-state index in [2.05, 4.69) is 35.1 Å². The molecule has 6 aromatic rings. The van der Waals surface area contributed by atoms with Crippen LogP contribution in [-0.4, -0.2) is 238 Å². The number of esters is 4. The molecule has 2 N–H and O–H groups in total. The predicted octanol–water partition coefficient (Wildman–Crippen LogP) is 7.76. The first kappa shape index (κ1) is 81.1. The van der Waals surface area contributed by atoms with Gasteiger partial charge in [-0.1, -0.05) is 24.6 Å². The monoisotopic (exact) mass is 1620 g/mol. The topological polar surface area (TPSA) is 327 Å². The van der Waals surface area contributed by atoms with E-state index in [1.807, 2.05) is 39.3 Å². The average molecular weight is 1620 g/mol. The lowest BCUT2D eigenvalue weighted by Crippen LogP contribution is -2.43. The Morgan fingerprint density at radius 1 is 0.402 bits per heavy atom. The van der Waals surface area contributed by atoms with Crippen molar-refractivity contribution < 1.29 is 124 Å². The molecule has 17 rings (SSSR count). The molecule has 2 fully saturated rings. The summed E-state index contributed by atoms with van der Waals surface area (Å²) in [6, 6.07) is 9.69. The first-order valence-electron chi connectivity index (χ1n) is 39.0. The Balaban J connectivity index is 0.000000138. The highest BCUT2D eigenvalue weighted by atomic mass is 16.7. The number of carbonyl (C=O) groups excluding carboxylic acids is 6. The number of hydrogen-bond donors (Lipinski definition) is 2. The molecule has 2 amide bonds. The number of ether oxygens (including phenoxy) is 20. The van der Waals surface area contributed by atoms with Crippen LogP contribution in [-0.2, 0) is 77.0 Å². The van der Waals surface area contributed by atoms with Crippen molar-refractivity contribution in [1.29, 1.82) is 0 Å². The Morgan fingerprint density at radius 2 is 0.726 bits per heavy atom. The number of morpholine rings is 1. The molecule has 626 valence electrons. The molecule has 0 radical (unpaired) electrons. The number of carbonyl (C=O) groups is 6. The van der Waals surface area contributed by atoms with Gasteiger partial charge in [0.25, 0.3) is 0 Å². The zero-order valence-electron chi connectivity index (χ0n) is 68.0. The number of hydrogen-bond acceptors (Lipinski definition) is 31. The van der Waals surface area contributed by atoms with Crippen LogP contribution in [0, 0.1) is 0 Å². The van der Waals surface area contributed by atoms with E-state index >= 15 is 0 Å². The van der Waals surface area contributed by atoms with Crippen LogP contribution in [0.4, 0.5) is 0 Å². The van der Waals surface area contributed by atoms with Gasteiger partial charge in [-0.3, -0.25) is 38.9 Å². The van der Waals surface area contributed by atoms with E-state index in [-0.39, 0.29) is 51.4 Å². The number of rotatable bonds is 22. The van der Waals surface area contributed by atoms with Crippen molar-refractivity contribution in [1.82, 2.24) is 35.1 Å². The van der Waals surface area contributed by atoms with Crippen LogP contribution in [0.2, 0.25) is 0 Å². The number of benzene rings is 6. The average Bonchev–Trinajstić information content (AvgIpc) is 1.45. The third-order valence-electron chi connectivity index (χ3n) is 23.6. The van der Waals surface area contributed by atoms with Gasteiger partial charge in [0, 0.05) is 103 Å². The van der Waals surface area contributed by atoms with Gasteiger partial charge in [0.15, 0.2) is 69.0 Å². The van der Waals surface area contributed by atoms with Crippen molar-refractivity contribution >= 4 is 35.7 Å². The second-order valence-corrected chi connectivity index (χ2v) is 29.8. The fraction of sp³-hybridized carbons (Fsp3) is 0.500. The molecule has 117 heavy (non-hydrogen) atoms. The normalized spacial score (nSPS) is 21.2. The minimum Gasteiger partial charge on any atom is -0.493 e. The van der Waals surface area contributed by atoms with Crippen LogP contribution < -0.4 is 81.7 Å². The second-order valence-electron chi connectivity index (χ2n) is 29.8. The van der Waals surface area contributed by atoms with Crippen molar-refractivity contribution in [3.05, 3.63) is 120 Å². The molecule has 0 bridgehead atoms. The van der Waals surface area contributed by atoms with Crippen LogP contribution in [0.5, 0.6) is 86.2 Å². The molecule has 33 nitrogen and oxygen atoms in total. The highest BCUT2D eigenvalue weighted by molar-refractivity contribution is 6.00. The molecule has 0 aromatic heterocycles. The van der Waals surface area contributed by atoms with E-state index in [1.54, 1.807) is 39.5 Å². The number of methoxy groups -OCH3 is 9. The third kappa shape index (κ3) is 14.8. The van der Waals surface area contributed by atoms with Gasteiger partial charge in [0.1, 0.15) is 41.6 Å². The highest BCUT2D eigenvalue weighted by Gasteiger charge is 2.52. The van der Waals surface area contributed by atoms with Gasteiger partial charge in [0.05, 0.1) is 108 Å². The maximum absolute atomic E-state index is 13.2. The Morgan fingerprint density at radius 3 is 1.06 bits per heavy atom. The number of nitrogens with one attached hydrogen (secondary N) is 2. The maximum atomic E-state index is 13.2. The summed E-state index contributed by atoms with van der Waals surface area (Å²) in [7, 11) is 19.8. The Bertz CT molecular complexity index is 4660. The summed E-state index contributed by atoms with van der Waals surface area (Å²) in [6.45, 7) is 9.43. The van der Waals surface area contributed by atoms with Gasteiger partial charge in [-0.05, 0) is 101 Å². The summed E-state index contributed by atoms with van der Waals surface area (Å²) in [5.41, 5.74) is 11.1. The van der Waals surface area contributed by atoms with Crippen LogP contribution in [0.3, 0.4) is 0 Å². The number of piperidine rings is 1. The SMILES string of the molecule is COc1ccc2c(c1OC)C(=O)O[C@@H]2[C@H]1c2c(c(CNC(=O)CN3CCCCC3)c3c(c2OC)OCO3)CCN1C.COc1ccc2c(c1OC)C(=O)O[C@@H]2[C@H]1c2c(c(CNC(=O)CN3CCOCC3)c3c(c2OC)OCO3)CCN1C.COc1ccc2c(c1OC)C(=O)O[C@@H]2[C@H]1c2c(c(COC(C)=O)c3c(c2OC)OCO3)CCN1C. The van der Waals surface area contributed by atoms with Crippen LogP contribution >= 0.6 is 0 Å². The van der Waals surface area contributed by atoms with E-state index in [0.29, 0.717) is 191 Å². The molecule has 0 spiro atoms. The minimum absolute atomic E-state index is 0.0201. The lowest BCUT2D eigenvalue weighted by molar-refractivity contribution is -0.142. The van der Waals surface area contributed by atoms with Crippen LogP contribution in [0.15, 0.2) is 36.4 Å². The van der Waals surface area contributed by atoms with E-state index in [9.17, 15) is 28.8 Å². The lowest BCUT2D eigenvalue weighted by atomic mass is 9.83. The van der Waals surface area contributed by atoms with Crippen LogP contribution in [0.1, 0.15) is 160 Å². The fourth-order valence-electron chi connectivity index (χ4n) is 18.2. The van der Waals surface area contributed by atoms with Crippen molar-refractivity contribution in [2.45, 2.75) is 102 Å². The van der Waals surface area contributed by atoms with E-state index in [4.69, 9.17) is 94.7 Å². The third-order valence-corrected chi connectivity index (χ3v) is 23.6. The number of cyclic esters (lactones) is 3. The highest BCUT2D eigenvalue weighted by Crippen LogP contribution is 2.61. The Kier molecular flexibility index (Phi) is 24.0. The van der Waals surface area contributed by atoms with Crippen molar-refractivity contribution in [2.24, 2.45) is 0 Å². The molecule has 2 saturated heterocycles. The number of likely N-dealkylation sites (N-methyl/N-ethyl adjacent to an activating group) is 3. The summed E-state index contributed by atoms with van der Waals surface area (Å²) < 4.78 is 115. The standard InChI is InChI=1S/C30H37N3O8.C29H35N3O9.C25H27NO9/c1-32-13-10-17-19(14-31-21(34)15-33-11-6-5-7-12-33)26-29(40-16-39-26)28(38-4)22(17)24(32)25-18-8-9-20(36-2)27(37-3)23(18)30(35)41-25;1-31-8-7-16-18(13-30-20(33)14-32-9-11-38-12-10-32)25-28(40-15-39-25)27(37-4)21(16)23(31)24-17-5-6-19(35-2)26(36-3)22(17)29(34)41-24;1-12(27)32-10-15-13-8-9-26(2)19(17(13)23(31-5)24-21(15)33-11-34-24)20-14-6-7-16(29-3)22(30-4)18(14)25(28)35-20/h8-9,24-25H,5-7,10-16H2,1-4H3,(H,31,34);5-6,23-24H,7-15H2,1-4H3,(H,30,33);6-7,19-20H,8-11H2,1-5H3/t24-,25+;23-,24+;19-,20+/m111/s1. The molecule has 0 aliphatic carbocycles. The molecule has 0 saturated carbocycles. The number of amides is 2. The van der Waals surface area contributed by atoms with E-state index in [0.717, 1.165) is 89.1 Å². The number of fused-ring (bicyclic) bond motifs is 9. The smallest absolute Gasteiger partial charge is 0.343 e. The summed E-state index contributed by atoms with van der Waals surface area (Å²) in [5, 5.41) is 6.21. The molecule has 0 unspecified atom stereocenters. The first-order chi connectivity index (χ1) is 56.8. The van der Waals surface area contributed by atoms with Gasteiger partial charge in [-0.25, -0.2) is 14.4 Å². The van der Waals surface area contributed by atoms with Gasteiger partial charge in [-0.15, -0.1) is 0 Å². The quantitative estimate of drug-likeness (QED) is 0.0484. The van der Waals surface area contributed by atoms with Crippen molar-refractivity contribution in [3.8, 4) is 86.2 Å². The molecule has 6 atom stereocenters. The Hall–Kier alpha value is -11.1. The summed E-state index contributed by atoms with van der Waals surface area (Å²) in [4.78, 5) is 87.7. The Labute approximate surface area is 676 Å². The molecular formula is C84H99N7O26. The number of nitrogens with zero attached hydrogens (tertiary/aromatic N) is 5. The van der Waals surface area contributed by atoms with E-state index in [1.165, 1.54) is 56.0 Å². The molecular weight excluding hydrogens is 1520 g/mol. The number of likely N-dealkylation sites (tertiary alicyclic amines) is 1. The molecule has 11 heterocycles. The second kappa shape index (κ2) is 34.6. The van der Waals surface area contributed by atoms with Gasteiger partial charge >= 0.3 is 23.9 Å². The van der Waals surface area contributed by atoms with Crippen molar-refractivity contribution in [3.63, 3.8) is 0 Å². The first-order valence-corrected chi connectivity index (χ1v) is 39.0. The van der Waals surface area contributed by atoms with E-state index < -0.39 is 54.3 Å². The fourth-order valence-corrected chi connectivity index (χ4v) is 18.2. The molecule has 11 aliphatic rings. The van der Waals surface area contributed by atoms with Crippen LogP contribution in [0.25, 0.3) is 0 Å². The van der Waals surface area contributed by atoms with Gasteiger partial charge < -0.3 is 105 Å². The largest absolute Gasteiger partial charge is 0.493 e. The molecule has 33 heteroatoms. The zero-order valence-corrected chi connectivity index (χ0v) is 68.0. The van der Waals surface area contributed by atoms with Crippen molar-refractivity contribution in [2.75, 3.05) is 178 Å². The molecule has 11 aliphatic heterocycles. The molecule has 6 aromatic carbocycles. The van der Waals surface area contributed by atoms with Gasteiger partial charge in [-0.2, -0.15) is 0 Å². The lowest BCUT2D eigenvalue weighted by Gasteiger charge is -2.39. The maximum Gasteiger partial charge on any atom is 0.343 e.